The molecule has 4 aromatic rings. The van der Waals surface area contributed by atoms with Crippen LogP contribution in [0.5, 0.6) is 0 Å². The van der Waals surface area contributed by atoms with E-state index in [-0.39, 0.29) is 25.0 Å². The van der Waals surface area contributed by atoms with Crippen LogP contribution in [0.3, 0.4) is 0 Å². The largest absolute Gasteiger partial charge is 0.468 e. The number of rotatable bonds is 10. The third-order valence-corrected chi connectivity index (χ3v) is 8.59. The summed E-state index contributed by atoms with van der Waals surface area (Å²) in [4.78, 5) is 39.5. The predicted molar refractivity (Wildman–Crippen MR) is 172 cm³/mol. The Morgan fingerprint density at radius 1 is 0.822 bits per heavy atom. The fourth-order valence-electron chi connectivity index (χ4n) is 6.22. The number of carbonyl (C=O) groups is 3. The van der Waals surface area contributed by atoms with Crippen LogP contribution in [0.2, 0.25) is 5.02 Å². The molecule has 1 aliphatic rings. The highest BCUT2D eigenvalue weighted by atomic mass is 35.5. The van der Waals surface area contributed by atoms with Crippen molar-refractivity contribution in [3.05, 3.63) is 118 Å². The number of carbonyl (C=O) groups excluding carboxylic acids is 3. The molecular formula is C37H35ClO7. The van der Waals surface area contributed by atoms with Gasteiger partial charge in [-0.15, -0.1) is 0 Å². The fourth-order valence-corrected chi connectivity index (χ4v) is 6.34. The molecule has 1 aromatic heterocycles. The summed E-state index contributed by atoms with van der Waals surface area (Å²) in [7, 11) is 4.13. The summed E-state index contributed by atoms with van der Waals surface area (Å²) in [6, 6.07) is 26.7. The van der Waals surface area contributed by atoms with Gasteiger partial charge in [0.05, 0.1) is 14.2 Å². The number of benzene rings is 3. The lowest BCUT2D eigenvalue weighted by Gasteiger charge is -2.34. The molecule has 1 heterocycles. The normalized spacial score (nSPS) is 15.5. The van der Waals surface area contributed by atoms with Crippen molar-refractivity contribution in [2.45, 2.75) is 38.7 Å². The molecule has 0 amide bonds. The number of methoxy groups -OCH3 is 3. The number of hydrogen-bond acceptors (Lipinski definition) is 7. The van der Waals surface area contributed by atoms with E-state index in [4.69, 9.17) is 30.2 Å². The highest BCUT2D eigenvalue weighted by Crippen LogP contribution is 2.53. The molecule has 0 fully saturated rings. The summed E-state index contributed by atoms with van der Waals surface area (Å²) in [5.41, 5.74) is 3.77. The van der Waals surface area contributed by atoms with Gasteiger partial charge in [-0.1, -0.05) is 84.4 Å². The van der Waals surface area contributed by atoms with Crippen molar-refractivity contribution in [1.29, 1.82) is 0 Å². The predicted octanol–water partition coefficient (Wildman–Crippen LogP) is 7.89. The molecular weight excluding hydrogens is 592 g/mol. The third kappa shape index (κ3) is 6.23. The van der Waals surface area contributed by atoms with Gasteiger partial charge in [0.2, 0.25) is 0 Å². The van der Waals surface area contributed by atoms with Gasteiger partial charge in [0.1, 0.15) is 23.4 Å². The van der Waals surface area contributed by atoms with E-state index in [0.29, 0.717) is 28.5 Å². The van der Waals surface area contributed by atoms with E-state index in [1.54, 1.807) is 26.2 Å². The molecule has 0 saturated heterocycles. The van der Waals surface area contributed by atoms with Crippen LogP contribution in [0, 0.1) is 5.41 Å². The number of halogens is 1. The van der Waals surface area contributed by atoms with E-state index < -0.39 is 23.5 Å². The second-order valence-electron chi connectivity index (χ2n) is 11.1. The number of hydrogen-bond donors (Lipinski definition) is 0. The Bertz CT molecular complexity index is 1700. The SMILES string of the molecule is COC(=O)C1(C(=O)OC)C/C(=C(/CCC(C)=O)c2ccccc2)c2c(oc(-c3ccccc3)c2C(OC)c2ccc(Cl)cc2)C1. The van der Waals surface area contributed by atoms with Crippen LogP contribution in [0.1, 0.15) is 60.3 Å². The van der Waals surface area contributed by atoms with Gasteiger partial charge in [-0.2, -0.15) is 0 Å². The van der Waals surface area contributed by atoms with E-state index in [0.717, 1.165) is 33.4 Å². The van der Waals surface area contributed by atoms with E-state index in [2.05, 4.69) is 0 Å². The smallest absolute Gasteiger partial charge is 0.324 e. The van der Waals surface area contributed by atoms with Gasteiger partial charge in [-0.05, 0) is 47.8 Å². The van der Waals surface area contributed by atoms with E-state index >= 15 is 0 Å². The molecule has 7 nitrogen and oxygen atoms in total. The van der Waals surface area contributed by atoms with Crippen molar-refractivity contribution >= 4 is 40.5 Å². The minimum atomic E-state index is -1.71. The van der Waals surface area contributed by atoms with Crippen molar-refractivity contribution in [3.8, 4) is 11.3 Å². The van der Waals surface area contributed by atoms with Crippen molar-refractivity contribution in [1.82, 2.24) is 0 Å². The standard InChI is InChI=1S/C37H35ClO7/c1-23(39)15-20-28(24-11-7-5-8-12-24)29-21-37(35(40)43-3,36(41)44-4)22-30-31(29)32(34(45-30)25-13-9-6-10-14-25)33(42-2)26-16-18-27(38)19-17-26/h5-14,16-19,33H,15,20-22H2,1-4H3/b29-28+. The number of allylic oxidation sites excluding steroid dienone is 2. The molecule has 0 N–H and O–H groups in total. The highest BCUT2D eigenvalue weighted by molar-refractivity contribution is 6.30. The minimum absolute atomic E-state index is 0.0144. The summed E-state index contributed by atoms with van der Waals surface area (Å²) in [6.07, 6.45) is -0.0866. The molecule has 0 saturated carbocycles. The molecule has 232 valence electrons. The Kier molecular flexibility index (Phi) is 9.71. The van der Waals surface area contributed by atoms with Gasteiger partial charge >= 0.3 is 11.9 Å². The monoisotopic (exact) mass is 626 g/mol. The summed E-state index contributed by atoms with van der Waals surface area (Å²) < 4.78 is 23.4. The van der Waals surface area contributed by atoms with Crippen molar-refractivity contribution < 1.29 is 33.0 Å². The lowest BCUT2D eigenvalue weighted by Crippen LogP contribution is -2.45. The zero-order valence-electron chi connectivity index (χ0n) is 25.7. The van der Waals surface area contributed by atoms with Crippen molar-refractivity contribution in [2.75, 3.05) is 21.3 Å². The summed E-state index contributed by atoms with van der Waals surface area (Å²) in [6.45, 7) is 1.55. The third-order valence-electron chi connectivity index (χ3n) is 8.33. The van der Waals surface area contributed by atoms with Crippen LogP contribution in [0.25, 0.3) is 22.5 Å². The molecule has 0 radical (unpaired) electrons. The topological polar surface area (TPSA) is 92.0 Å². The van der Waals surface area contributed by atoms with Crippen LogP contribution in [0.15, 0.2) is 89.3 Å². The van der Waals surface area contributed by atoms with Gasteiger partial charge in [-0.3, -0.25) is 9.59 Å². The minimum Gasteiger partial charge on any atom is -0.468 e. The second kappa shape index (κ2) is 13.7. The van der Waals surface area contributed by atoms with E-state index in [9.17, 15) is 14.4 Å². The van der Waals surface area contributed by atoms with Gasteiger partial charge in [0, 0.05) is 48.1 Å². The first kappa shape index (κ1) is 31.9. The van der Waals surface area contributed by atoms with Gasteiger partial charge in [0.15, 0.2) is 5.41 Å². The maximum Gasteiger partial charge on any atom is 0.324 e. The molecule has 1 unspecified atom stereocenters. The Morgan fingerprint density at radius 2 is 1.42 bits per heavy atom. The Hall–Kier alpha value is -4.46. The zero-order valence-corrected chi connectivity index (χ0v) is 26.5. The first-order chi connectivity index (χ1) is 21.7. The molecule has 5 rings (SSSR count). The summed E-state index contributed by atoms with van der Waals surface area (Å²) in [5.74, 6) is -0.466. The quantitative estimate of drug-likeness (QED) is 0.130. The molecule has 3 aromatic carbocycles. The Morgan fingerprint density at radius 3 is 1.98 bits per heavy atom. The van der Waals surface area contributed by atoms with E-state index in [1.165, 1.54) is 14.2 Å². The molecule has 0 bridgehead atoms. The number of furan rings is 1. The lowest BCUT2D eigenvalue weighted by molar-refractivity contribution is -0.169. The molecule has 0 spiro atoms. The molecule has 1 atom stereocenters. The number of Topliss-reactive ketones (excluding diaryl/α,β-unsaturated/α-hetero) is 1. The maximum absolute atomic E-state index is 13.6. The zero-order chi connectivity index (χ0) is 32.1. The average molecular weight is 627 g/mol. The second-order valence-corrected chi connectivity index (χ2v) is 11.6. The number of ketones is 1. The van der Waals surface area contributed by atoms with Crippen molar-refractivity contribution in [3.63, 3.8) is 0 Å². The number of fused-ring (bicyclic) bond motifs is 1. The number of ether oxygens (including phenoxy) is 3. The molecule has 8 heteroatoms. The fraction of sp³-hybridized carbons (Fsp3) is 0.270. The average Bonchev–Trinajstić information content (AvgIpc) is 3.44. The van der Waals surface area contributed by atoms with Crippen LogP contribution < -0.4 is 0 Å². The van der Waals surface area contributed by atoms with Gasteiger partial charge in [0.25, 0.3) is 0 Å². The summed E-state index contributed by atoms with van der Waals surface area (Å²) >= 11 is 6.26. The van der Waals surface area contributed by atoms with Crippen LogP contribution >= 0.6 is 11.6 Å². The van der Waals surface area contributed by atoms with Crippen molar-refractivity contribution in [2.24, 2.45) is 5.41 Å². The molecule has 45 heavy (non-hydrogen) atoms. The Labute approximate surface area is 267 Å². The first-order valence-corrected chi connectivity index (χ1v) is 15.0. The van der Waals surface area contributed by atoms with Gasteiger partial charge < -0.3 is 23.4 Å². The Balaban J connectivity index is 1.92. The van der Waals surface area contributed by atoms with Crippen LogP contribution in [-0.4, -0.2) is 39.1 Å². The lowest BCUT2D eigenvalue weighted by atomic mass is 9.68. The molecule has 0 aliphatic heterocycles. The highest BCUT2D eigenvalue weighted by Gasteiger charge is 2.54. The molecule has 1 aliphatic carbocycles. The summed E-state index contributed by atoms with van der Waals surface area (Å²) in [5, 5.41) is 0.586. The number of esters is 2. The maximum atomic E-state index is 13.6. The van der Waals surface area contributed by atoms with E-state index in [1.807, 2.05) is 72.8 Å². The van der Waals surface area contributed by atoms with Crippen LogP contribution in [-0.2, 0) is 35.0 Å². The van der Waals surface area contributed by atoms with Crippen LogP contribution in [0.4, 0.5) is 0 Å². The first-order valence-electron chi connectivity index (χ1n) is 14.7. The van der Waals surface area contributed by atoms with Gasteiger partial charge in [-0.25, -0.2) is 0 Å².